The van der Waals surface area contributed by atoms with Crippen LogP contribution in [0.25, 0.3) is 11.3 Å². The van der Waals surface area contributed by atoms with Gasteiger partial charge in [-0.2, -0.15) is 0 Å². The zero-order valence-electron chi connectivity index (χ0n) is 14.0. The van der Waals surface area contributed by atoms with Crippen molar-refractivity contribution in [1.82, 2.24) is 5.32 Å². The van der Waals surface area contributed by atoms with Gasteiger partial charge in [-0.15, -0.1) is 19.0 Å². The number of nitrogens with one attached hydrogen (secondary N) is 1. The Labute approximate surface area is 152 Å². The number of halogens is 1. The van der Waals surface area contributed by atoms with Crippen LogP contribution in [0, 0.1) is 0 Å². The fraction of sp³-hybridized carbons (Fsp3) is 0.222. The fourth-order valence-corrected chi connectivity index (χ4v) is 2.17. The average molecular weight is 366 g/mol. The van der Waals surface area contributed by atoms with Crippen molar-refractivity contribution in [3.8, 4) is 11.3 Å². The highest BCUT2D eigenvalue weighted by molar-refractivity contribution is 5.97. The molecule has 25 heavy (non-hydrogen) atoms. The summed E-state index contributed by atoms with van der Waals surface area (Å²) in [7, 11) is 2.56. The lowest BCUT2D eigenvalue weighted by Gasteiger charge is -2.06. The number of carbonyl (C=O) groups is 2. The molecule has 2 aromatic rings. The number of benzene rings is 1. The number of esters is 2. The van der Waals surface area contributed by atoms with Crippen LogP contribution < -0.4 is 5.32 Å². The molecule has 0 amide bonds. The Morgan fingerprint density at radius 3 is 2.24 bits per heavy atom. The molecule has 0 saturated carbocycles. The normalized spacial score (nSPS) is 9.84. The van der Waals surface area contributed by atoms with Gasteiger partial charge in [-0.05, 0) is 30.3 Å². The van der Waals surface area contributed by atoms with Crippen LogP contribution in [0.3, 0.4) is 0 Å². The van der Waals surface area contributed by atoms with E-state index < -0.39 is 11.9 Å². The van der Waals surface area contributed by atoms with Gasteiger partial charge >= 0.3 is 11.9 Å². The molecule has 0 fully saturated rings. The van der Waals surface area contributed by atoms with E-state index in [2.05, 4.69) is 11.9 Å². The first-order valence-corrected chi connectivity index (χ1v) is 7.31. The standard InChI is InChI=1S/C18H19NO5.ClH/c1-4-7-19-11-15-5-6-16(24-15)12-8-13(17(20)22-2)10-14(9-12)18(21)23-3;/h4-6,8-10,19H,1,7,11H2,2-3H3;1H. The van der Waals surface area contributed by atoms with Crippen molar-refractivity contribution in [2.45, 2.75) is 6.54 Å². The molecule has 1 aromatic heterocycles. The average Bonchev–Trinajstić information content (AvgIpc) is 3.09. The Balaban J connectivity index is 0.00000312. The number of rotatable bonds is 7. The van der Waals surface area contributed by atoms with E-state index in [9.17, 15) is 9.59 Å². The number of ether oxygens (including phenoxy) is 2. The molecule has 7 heteroatoms. The van der Waals surface area contributed by atoms with Crippen molar-refractivity contribution in [3.05, 3.63) is 59.9 Å². The van der Waals surface area contributed by atoms with Gasteiger partial charge in [-0.25, -0.2) is 9.59 Å². The van der Waals surface area contributed by atoms with Gasteiger partial charge in [0.2, 0.25) is 0 Å². The SMILES string of the molecule is C=CCNCc1ccc(-c2cc(C(=O)OC)cc(C(=O)OC)c2)o1.Cl. The lowest BCUT2D eigenvalue weighted by atomic mass is 10.0. The molecule has 2 rings (SSSR count). The third-order valence-electron chi connectivity index (χ3n) is 3.31. The monoisotopic (exact) mass is 365 g/mol. The van der Waals surface area contributed by atoms with E-state index in [-0.39, 0.29) is 23.5 Å². The molecule has 0 saturated heterocycles. The lowest BCUT2D eigenvalue weighted by molar-refractivity contribution is 0.0599. The molecule has 0 aliphatic rings. The summed E-state index contributed by atoms with van der Waals surface area (Å²) in [5.41, 5.74) is 1.09. The number of hydrogen-bond acceptors (Lipinski definition) is 6. The van der Waals surface area contributed by atoms with Gasteiger partial charge in [-0.1, -0.05) is 6.08 Å². The molecule has 0 aliphatic carbocycles. The molecule has 1 aromatic carbocycles. The van der Waals surface area contributed by atoms with Gasteiger partial charge in [0.25, 0.3) is 0 Å². The lowest BCUT2D eigenvalue weighted by Crippen LogP contribution is -2.11. The summed E-state index contributed by atoms with van der Waals surface area (Å²) in [5.74, 6) is 0.194. The molecule has 0 spiro atoms. The smallest absolute Gasteiger partial charge is 0.337 e. The van der Waals surface area contributed by atoms with E-state index in [0.29, 0.717) is 24.4 Å². The second-order valence-corrected chi connectivity index (χ2v) is 4.97. The van der Waals surface area contributed by atoms with E-state index in [4.69, 9.17) is 13.9 Å². The summed E-state index contributed by atoms with van der Waals surface area (Å²) in [6.07, 6.45) is 1.76. The first-order valence-electron chi connectivity index (χ1n) is 7.31. The van der Waals surface area contributed by atoms with Crippen LogP contribution in [0.15, 0.2) is 47.4 Å². The summed E-state index contributed by atoms with van der Waals surface area (Å²) in [6, 6.07) is 8.25. The van der Waals surface area contributed by atoms with Crippen LogP contribution in [0.2, 0.25) is 0 Å². The zero-order valence-corrected chi connectivity index (χ0v) is 14.9. The summed E-state index contributed by atoms with van der Waals surface area (Å²) in [6.45, 7) is 4.85. The summed E-state index contributed by atoms with van der Waals surface area (Å²) in [4.78, 5) is 23.6. The minimum atomic E-state index is -0.540. The van der Waals surface area contributed by atoms with Gasteiger partial charge in [0.05, 0.1) is 31.9 Å². The van der Waals surface area contributed by atoms with Gasteiger partial charge in [-0.3, -0.25) is 0 Å². The minimum absolute atomic E-state index is 0. The summed E-state index contributed by atoms with van der Waals surface area (Å²) >= 11 is 0. The van der Waals surface area contributed by atoms with E-state index in [1.54, 1.807) is 24.3 Å². The molecule has 6 nitrogen and oxygen atoms in total. The van der Waals surface area contributed by atoms with Crippen molar-refractivity contribution < 1.29 is 23.5 Å². The van der Waals surface area contributed by atoms with Gasteiger partial charge in [0, 0.05) is 12.1 Å². The molecule has 0 unspecified atom stereocenters. The Kier molecular flexibility index (Phi) is 7.91. The fourth-order valence-electron chi connectivity index (χ4n) is 2.17. The second kappa shape index (κ2) is 9.66. The van der Waals surface area contributed by atoms with Crippen molar-refractivity contribution in [2.75, 3.05) is 20.8 Å². The Morgan fingerprint density at radius 2 is 1.72 bits per heavy atom. The van der Waals surface area contributed by atoms with Crippen LogP contribution in [0.4, 0.5) is 0 Å². The third kappa shape index (κ3) is 5.20. The molecular formula is C18H20ClNO5. The Morgan fingerprint density at radius 1 is 1.12 bits per heavy atom. The number of carbonyl (C=O) groups excluding carboxylic acids is 2. The van der Waals surface area contributed by atoms with E-state index in [1.165, 1.54) is 20.3 Å². The third-order valence-corrected chi connectivity index (χ3v) is 3.31. The van der Waals surface area contributed by atoms with Crippen molar-refractivity contribution >= 4 is 24.3 Å². The van der Waals surface area contributed by atoms with Gasteiger partial charge in [0.1, 0.15) is 11.5 Å². The van der Waals surface area contributed by atoms with E-state index >= 15 is 0 Å². The first-order chi connectivity index (χ1) is 11.6. The minimum Gasteiger partial charge on any atom is -0.465 e. The van der Waals surface area contributed by atoms with Crippen LogP contribution in [-0.2, 0) is 16.0 Å². The van der Waals surface area contributed by atoms with Gasteiger partial charge in [0.15, 0.2) is 0 Å². The highest BCUT2D eigenvalue weighted by Gasteiger charge is 2.16. The Bertz CT molecular complexity index is 719. The van der Waals surface area contributed by atoms with E-state index in [1.807, 2.05) is 6.07 Å². The van der Waals surface area contributed by atoms with Crippen LogP contribution >= 0.6 is 12.4 Å². The predicted molar refractivity (Wildman–Crippen MR) is 96.0 cm³/mol. The van der Waals surface area contributed by atoms with Gasteiger partial charge < -0.3 is 19.2 Å². The van der Waals surface area contributed by atoms with E-state index in [0.717, 1.165) is 5.76 Å². The van der Waals surface area contributed by atoms with Crippen molar-refractivity contribution in [2.24, 2.45) is 0 Å². The largest absolute Gasteiger partial charge is 0.465 e. The maximum atomic E-state index is 11.8. The molecule has 0 bridgehead atoms. The summed E-state index contributed by atoms with van der Waals surface area (Å²) in [5, 5.41) is 3.13. The topological polar surface area (TPSA) is 77.8 Å². The Hall–Kier alpha value is -2.57. The molecule has 0 aliphatic heterocycles. The second-order valence-electron chi connectivity index (χ2n) is 4.97. The zero-order chi connectivity index (χ0) is 17.5. The van der Waals surface area contributed by atoms with Crippen molar-refractivity contribution in [1.29, 1.82) is 0 Å². The highest BCUT2D eigenvalue weighted by atomic mass is 35.5. The van der Waals surface area contributed by atoms with Crippen LogP contribution in [0.5, 0.6) is 0 Å². The quantitative estimate of drug-likeness (QED) is 0.461. The maximum absolute atomic E-state index is 11.8. The molecule has 1 heterocycles. The molecule has 134 valence electrons. The van der Waals surface area contributed by atoms with Crippen LogP contribution in [-0.4, -0.2) is 32.7 Å². The highest BCUT2D eigenvalue weighted by Crippen LogP contribution is 2.25. The maximum Gasteiger partial charge on any atom is 0.337 e. The van der Waals surface area contributed by atoms with Crippen LogP contribution in [0.1, 0.15) is 26.5 Å². The summed E-state index contributed by atoms with van der Waals surface area (Å²) < 4.78 is 15.2. The molecule has 1 N–H and O–H groups in total. The molecular weight excluding hydrogens is 346 g/mol. The predicted octanol–water partition coefficient (Wildman–Crippen LogP) is 3.22. The molecule has 0 atom stereocenters. The molecule has 0 radical (unpaired) electrons. The number of hydrogen-bond donors (Lipinski definition) is 1. The van der Waals surface area contributed by atoms with Crippen molar-refractivity contribution in [3.63, 3.8) is 0 Å². The number of furan rings is 1. The first kappa shape index (κ1) is 20.5. The number of methoxy groups -OCH3 is 2.